The molecule has 0 radical (unpaired) electrons. The van der Waals surface area contributed by atoms with Gasteiger partial charge in [0.25, 0.3) is 0 Å². The van der Waals surface area contributed by atoms with E-state index < -0.39 is 17.7 Å². The molecule has 1 rings (SSSR count). The van der Waals surface area contributed by atoms with Gasteiger partial charge in [-0.05, 0) is 32.9 Å². The summed E-state index contributed by atoms with van der Waals surface area (Å²) >= 11 is 0. The van der Waals surface area contributed by atoms with Crippen molar-refractivity contribution in [2.24, 2.45) is 0 Å². The van der Waals surface area contributed by atoms with Gasteiger partial charge in [-0.25, -0.2) is 14.6 Å². The molecule has 18 heavy (non-hydrogen) atoms. The van der Waals surface area contributed by atoms with Gasteiger partial charge < -0.3 is 9.84 Å². The van der Waals surface area contributed by atoms with E-state index in [1.54, 1.807) is 20.8 Å². The first-order chi connectivity index (χ1) is 8.20. The minimum Gasteiger partial charge on any atom is -0.477 e. The second-order valence-corrected chi connectivity index (χ2v) is 4.75. The number of pyridine rings is 1. The average molecular weight is 252 g/mol. The quantitative estimate of drug-likeness (QED) is 0.872. The van der Waals surface area contributed by atoms with Crippen molar-refractivity contribution in [1.82, 2.24) is 4.98 Å². The zero-order valence-corrected chi connectivity index (χ0v) is 10.8. The van der Waals surface area contributed by atoms with Crippen molar-refractivity contribution in [3.63, 3.8) is 0 Å². The van der Waals surface area contributed by atoms with Crippen molar-refractivity contribution in [2.45, 2.75) is 26.4 Å². The topological polar surface area (TPSA) is 79.7 Å². The molecule has 0 aliphatic heterocycles. The van der Waals surface area contributed by atoms with Crippen LogP contribution in [-0.2, 0) is 4.74 Å². The number of aromatic nitrogens is 1. The van der Waals surface area contributed by atoms with Gasteiger partial charge in [0.2, 0.25) is 0 Å². The highest BCUT2D eigenvalue weighted by atomic mass is 16.6. The molecule has 0 saturated carbocycles. The summed E-state index contributed by atoms with van der Waals surface area (Å²) in [5.74, 6) is -1.11. The van der Waals surface area contributed by atoms with E-state index in [0.717, 1.165) is 0 Å². The maximum Gasteiger partial charge on any atom is 0.414 e. The van der Waals surface area contributed by atoms with Crippen LogP contribution < -0.4 is 4.90 Å². The summed E-state index contributed by atoms with van der Waals surface area (Å²) in [6, 6.07) is 2.83. The maximum absolute atomic E-state index is 11.7. The second-order valence-electron chi connectivity index (χ2n) is 4.75. The zero-order valence-electron chi connectivity index (χ0n) is 10.8. The Morgan fingerprint density at radius 1 is 1.33 bits per heavy atom. The number of hydrogen-bond donors (Lipinski definition) is 1. The molecule has 6 nitrogen and oxygen atoms in total. The number of carbonyl (C=O) groups excluding carboxylic acids is 1. The van der Waals surface area contributed by atoms with Gasteiger partial charge in [0.15, 0.2) is 0 Å². The summed E-state index contributed by atoms with van der Waals surface area (Å²) in [6.45, 7) is 5.31. The molecular weight excluding hydrogens is 236 g/mol. The first-order valence-corrected chi connectivity index (χ1v) is 5.37. The van der Waals surface area contributed by atoms with E-state index >= 15 is 0 Å². The third-order valence-electron chi connectivity index (χ3n) is 2.02. The largest absolute Gasteiger partial charge is 0.477 e. The molecule has 0 bridgehead atoms. The Kier molecular flexibility index (Phi) is 3.90. The molecule has 1 amide bonds. The number of nitrogens with zero attached hydrogens (tertiary/aromatic N) is 2. The molecule has 0 aromatic carbocycles. The molecule has 0 spiro atoms. The van der Waals surface area contributed by atoms with Crippen molar-refractivity contribution in [3.05, 3.63) is 24.0 Å². The lowest BCUT2D eigenvalue weighted by atomic mass is 10.2. The smallest absolute Gasteiger partial charge is 0.414 e. The average Bonchev–Trinajstić information content (AvgIpc) is 2.26. The van der Waals surface area contributed by atoms with Crippen LogP contribution in [0.5, 0.6) is 0 Å². The van der Waals surface area contributed by atoms with Crippen LogP contribution in [0.3, 0.4) is 0 Å². The molecule has 0 aliphatic rings. The van der Waals surface area contributed by atoms with E-state index in [-0.39, 0.29) is 5.69 Å². The number of carbonyl (C=O) groups is 2. The van der Waals surface area contributed by atoms with Crippen LogP contribution in [0.2, 0.25) is 0 Å². The molecule has 1 N–H and O–H groups in total. The van der Waals surface area contributed by atoms with Crippen LogP contribution in [0, 0.1) is 0 Å². The van der Waals surface area contributed by atoms with Crippen LogP contribution in [0.15, 0.2) is 18.3 Å². The zero-order chi connectivity index (χ0) is 13.9. The van der Waals surface area contributed by atoms with Gasteiger partial charge in [-0.3, -0.25) is 4.90 Å². The normalized spacial score (nSPS) is 10.9. The summed E-state index contributed by atoms with van der Waals surface area (Å²) in [5.41, 5.74) is -0.189. The highest BCUT2D eigenvalue weighted by Gasteiger charge is 2.20. The van der Waals surface area contributed by atoms with Gasteiger partial charge >= 0.3 is 12.1 Å². The molecular formula is C12H16N2O4. The molecule has 1 heterocycles. The molecule has 0 fully saturated rings. The number of hydrogen-bond acceptors (Lipinski definition) is 4. The third kappa shape index (κ3) is 3.73. The summed E-state index contributed by atoms with van der Waals surface area (Å²) < 4.78 is 5.17. The molecule has 0 aliphatic carbocycles. The lowest BCUT2D eigenvalue weighted by Crippen LogP contribution is -2.34. The molecule has 6 heteroatoms. The predicted octanol–water partition coefficient (Wildman–Crippen LogP) is 2.15. The Morgan fingerprint density at radius 3 is 2.33 bits per heavy atom. The fourth-order valence-electron chi connectivity index (χ4n) is 1.15. The van der Waals surface area contributed by atoms with Crippen LogP contribution in [0.4, 0.5) is 10.5 Å². The van der Waals surface area contributed by atoms with Gasteiger partial charge in [0, 0.05) is 7.05 Å². The standard InChI is InChI=1S/C12H16N2O4/c1-12(2,3)18-11(17)14(4)8-5-6-9(10(15)16)13-7-8/h5-7H,1-4H3,(H,15,16). The van der Waals surface area contributed by atoms with Crippen LogP contribution in [0.1, 0.15) is 31.3 Å². The van der Waals surface area contributed by atoms with Crippen LogP contribution in [0.25, 0.3) is 0 Å². The molecule has 1 aromatic heterocycles. The second kappa shape index (κ2) is 5.03. The highest BCUT2D eigenvalue weighted by Crippen LogP contribution is 2.16. The van der Waals surface area contributed by atoms with E-state index in [0.29, 0.717) is 5.69 Å². The van der Waals surface area contributed by atoms with Crippen molar-refractivity contribution >= 4 is 17.7 Å². The molecule has 1 aromatic rings. The number of ether oxygens (including phenoxy) is 1. The van der Waals surface area contributed by atoms with Crippen LogP contribution >= 0.6 is 0 Å². The predicted molar refractivity (Wildman–Crippen MR) is 65.8 cm³/mol. The monoisotopic (exact) mass is 252 g/mol. The number of carboxylic acid groups (broad SMARTS) is 1. The number of rotatable bonds is 2. The van der Waals surface area contributed by atoms with Crippen molar-refractivity contribution < 1.29 is 19.4 Å². The minimum atomic E-state index is -1.11. The SMILES string of the molecule is CN(C(=O)OC(C)(C)C)c1ccc(C(=O)O)nc1. The van der Waals surface area contributed by atoms with Gasteiger partial charge in [0.1, 0.15) is 11.3 Å². The lowest BCUT2D eigenvalue weighted by molar-refractivity contribution is 0.0588. The first kappa shape index (κ1) is 14.0. The Balaban J connectivity index is 2.81. The van der Waals surface area contributed by atoms with Crippen molar-refractivity contribution in [2.75, 3.05) is 11.9 Å². The summed E-state index contributed by atoms with van der Waals surface area (Å²) in [5, 5.41) is 8.71. The van der Waals surface area contributed by atoms with Gasteiger partial charge in [-0.1, -0.05) is 0 Å². The Bertz CT molecular complexity index is 448. The Hall–Kier alpha value is -2.11. The Labute approximate surface area is 105 Å². The van der Waals surface area contributed by atoms with Crippen molar-refractivity contribution in [3.8, 4) is 0 Å². The van der Waals surface area contributed by atoms with Crippen LogP contribution in [-0.4, -0.2) is 34.8 Å². The van der Waals surface area contributed by atoms with Gasteiger partial charge in [-0.2, -0.15) is 0 Å². The number of amides is 1. The summed E-state index contributed by atoms with van der Waals surface area (Å²) in [4.78, 5) is 27.4. The lowest BCUT2D eigenvalue weighted by Gasteiger charge is -2.24. The van der Waals surface area contributed by atoms with Gasteiger partial charge in [0.05, 0.1) is 11.9 Å². The number of aromatic carboxylic acids is 1. The summed E-state index contributed by atoms with van der Waals surface area (Å²) in [6.07, 6.45) is 0.792. The highest BCUT2D eigenvalue weighted by molar-refractivity contribution is 5.89. The third-order valence-corrected chi connectivity index (χ3v) is 2.02. The minimum absolute atomic E-state index is 0.0728. The molecule has 98 valence electrons. The fourth-order valence-corrected chi connectivity index (χ4v) is 1.15. The van der Waals surface area contributed by atoms with E-state index in [2.05, 4.69) is 4.98 Å². The van der Waals surface area contributed by atoms with E-state index in [9.17, 15) is 9.59 Å². The van der Waals surface area contributed by atoms with Gasteiger partial charge in [-0.15, -0.1) is 0 Å². The number of anilines is 1. The van der Waals surface area contributed by atoms with E-state index in [4.69, 9.17) is 9.84 Å². The maximum atomic E-state index is 11.7. The fraction of sp³-hybridized carbons (Fsp3) is 0.417. The van der Waals surface area contributed by atoms with Crippen molar-refractivity contribution in [1.29, 1.82) is 0 Å². The number of carboxylic acids is 1. The first-order valence-electron chi connectivity index (χ1n) is 5.37. The van der Waals surface area contributed by atoms with E-state index in [1.807, 2.05) is 0 Å². The summed E-state index contributed by atoms with van der Waals surface area (Å²) in [7, 11) is 1.53. The molecule has 0 saturated heterocycles. The molecule has 0 atom stereocenters. The molecule has 0 unspecified atom stereocenters. The Morgan fingerprint density at radius 2 is 1.94 bits per heavy atom. The van der Waals surface area contributed by atoms with E-state index in [1.165, 1.54) is 30.3 Å².